The van der Waals surface area contributed by atoms with Gasteiger partial charge in [0.2, 0.25) is 0 Å². The summed E-state index contributed by atoms with van der Waals surface area (Å²) in [5, 5.41) is 14.2. The second-order valence-electron chi connectivity index (χ2n) is 1.89. The smallest absolute Gasteiger partial charge is 0.0964 e. The average Bonchev–Trinajstić information content (AvgIpc) is 2.28. The Morgan fingerprint density at radius 3 is 3.10 bits per heavy atom. The minimum Gasteiger partial charge on any atom is -0.137 e. The van der Waals surface area contributed by atoms with Crippen molar-refractivity contribution in [2.45, 2.75) is 0 Å². The summed E-state index contributed by atoms with van der Waals surface area (Å²) in [4.78, 5) is 0. The van der Waals surface area contributed by atoms with Crippen LogP contribution in [0.15, 0.2) is 24.4 Å². The molecule has 0 aromatic rings. The monoisotopic (exact) mass is 132 g/mol. The highest BCUT2D eigenvalue weighted by atomic mass is 15.4. The van der Waals surface area contributed by atoms with E-state index in [4.69, 9.17) is 0 Å². The Hall–Kier alpha value is -1.58. The molecule has 4 heteroatoms. The lowest BCUT2D eigenvalue weighted by atomic mass is 10.3. The third kappa shape index (κ3) is 0.699. The van der Waals surface area contributed by atoms with E-state index < -0.39 is 0 Å². The van der Waals surface area contributed by atoms with E-state index in [1.807, 2.05) is 18.2 Å². The van der Waals surface area contributed by atoms with Crippen molar-refractivity contribution in [3.05, 3.63) is 24.4 Å². The van der Waals surface area contributed by atoms with Gasteiger partial charge < -0.3 is 0 Å². The van der Waals surface area contributed by atoms with Crippen LogP contribution in [0.5, 0.6) is 0 Å². The van der Waals surface area contributed by atoms with Crippen LogP contribution in [-0.4, -0.2) is 20.6 Å². The van der Waals surface area contributed by atoms with Crippen molar-refractivity contribution in [2.24, 2.45) is 0 Å². The minimum atomic E-state index is 0.824. The molecule has 0 aromatic carbocycles. The molecule has 0 fully saturated rings. The highest BCUT2D eigenvalue weighted by Crippen LogP contribution is 2.15. The highest BCUT2D eigenvalue weighted by molar-refractivity contribution is 5.59. The topological polar surface area (TPSA) is 51.6 Å². The molecule has 0 N–H and O–H groups in total. The second-order valence-corrected chi connectivity index (χ2v) is 1.89. The van der Waals surface area contributed by atoms with Crippen LogP contribution in [0.3, 0.4) is 0 Å². The van der Waals surface area contributed by atoms with Crippen LogP contribution < -0.4 is 0 Å². The lowest BCUT2D eigenvalue weighted by Gasteiger charge is -1.80. The van der Waals surface area contributed by atoms with Crippen molar-refractivity contribution in [2.75, 3.05) is 0 Å². The molecule has 1 heterocycles. The normalized spacial score (nSPS) is 10.0. The summed E-state index contributed by atoms with van der Waals surface area (Å²) in [6.45, 7) is 0. The summed E-state index contributed by atoms with van der Waals surface area (Å²) in [6.07, 6.45) is 1.63. The molecule has 10 heavy (non-hydrogen) atoms. The Balaban J connectivity index is 2.74. The van der Waals surface area contributed by atoms with Gasteiger partial charge in [-0.1, -0.05) is 12.1 Å². The highest BCUT2D eigenvalue weighted by Gasteiger charge is 1.99. The average molecular weight is 132 g/mol. The van der Waals surface area contributed by atoms with E-state index in [1.54, 1.807) is 6.20 Å². The fourth-order valence-electron chi connectivity index (χ4n) is 0.804. The van der Waals surface area contributed by atoms with E-state index in [0.29, 0.717) is 0 Å². The molecule has 48 valence electrons. The second kappa shape index (κ2) is 1.98. The van der Waals surface area contributed by atoms with Crippen LogP contribution in [0.1, 0.15) is 0 Å². The molecule has 0 aromatic heterocycles. The Bertz CT molecular complexity index is 281. The number of hydrogen-bond donors (Lipinski definition) is 0. The van der Waals surface area contributed by atoms with Crippen LogP contribution in [0, 0.1) is 0 Å². The Morgan fingerprint density at radius 1 is 1.10 bits per heavy atom. The van der Waals surface area contributed by atoms with E-state index in [9.17, 15) is 0 Å². The van der Waals surface area contributed by atoms with Crippen LogP contribution in [0.25, 0.3) is 11.3 Å². The molecule has 4 nitrogen and oxygen atoms in total. The zero-order chi connectivity index (χ0) is 6.81. The summed E-state index contributed by atoms with van der Waals surface area (Å²) in [5.74, 6) is 0. The van der Waals surface area contributed by atoms with E-state index >= 15 is 0 Å². The van der Waals surface area contributed by atoms with Crippen molar-refractivity contribution in [1.82, 2.24) is 20.6 Å². The van der Waals surface area contributed by atoms with Gasteiger partial charge in [-0.05, 0) is 16.5 Å². The summed E-state index contributed by atoms with van der Waals surface area (Å²) < 4.78 is 0. The van der Waals surface area contributed by atoms with Crippen LogP contribution >= 0.6 is 0 Å². The molecular formula is C6H4N4. The summed E-state index contributed by atoms with van der Waals surface area (Å²) in [5.41, 5.74) is 1.79. The lowest BCUT2D eigenvalue weighted by molar-refractivity contribution is 0.805. The molecule has 0 amide bonds. The first kappa shape index (κ1) is 5.22. The molecule has 0 atom stereocenters. The predicted molar refractivity (Wildman–Crippen MR) is 34.2 cm³/mol. The van der Waals surface area contributed by atoms with Gasteiger partial charge in [-0.25, -0.2) is 0 Å². The molecule has 1 aliphatic carbocycles. The predicted octanol–water partition coefficient (Wildman–Crippen LogP) is 0.371. The molecule has 0 saturated heterocycles. The van der Waals surface area contributed by atoms with Crippen LogP contribution in [-0.2, 0) is 0 Å². The zero-order valence-corrected chi connectivity index (χ0v) is 5.10. The van der Waals surface area contributed by atoms with E-state index in [1.165, 1.54) is 0 Å². The zero-order valence-electron chi connectivity index (χ0n) is 5.10. The standard InChI is InChI=1S/C6H4N4/c1-2-5-4-7-9-10-8-6(5)3-1/h1-4H. The van der Waals surface area contributed by atoms with E-state index in [-0.39, 0.29) is 0 Å². The molecule has 0 unspecified atom stereocenters. The molecule has 0 radical (unpaired) electrons. The van der Waals surface area contributed by atoms with Crippen molar-refractivity contribution in [3.63, 3.8) is 0 Å². The lowest BCUT2D eigenvalue weighted by Crippen LogP contribution is -1.78. The molecule has 0 spiro atoms. The molecule has 0 saturated carbocycles. The van der Waals surface area contributed by atoms with Crippen LogP contribution in [0.4, 0.5) is 0 Å². The third-order valence-electron chi connectivity index (χ3n) is 1.27. The quantitative estimate of drug-likeness (QED) is 0.519. The summed E-state index contributed by atoms with van der Waals surface area (Å²) >= 11 is 0. The number of nitrogens with zero attached hydrogens (tertiary/aromatic N) is 4. The van der Waals surface area contributed by atoms with Gasteiger partial charge in [0.25, 0.3) is 0 Å². The fourth-order valence-corrected chi connectivity index (χ4v) is 0.804. The van der Waals surface area contributed by atoms with Crippen molar-refractivity contribution in [1.29, 1.82) is 0 Å². The van der Waals surface area contributed by atoms with Crippen molar-refractivity contribution < 1.29 is 0 Å². The minimum absolute atomic E-state index is 0.824. The Labute approximate surface area is 57.3 Å². The number of fused-ring (bicyclic) bond motifs is 1. The first-order chi connectivity index (χ1) is 4.97. The van der Waals surface area contributed by atoms with Crippen molar-refractivity contribution in [3.8, 4) is 11.3 Å². The molecular weight excluding hydrogens is 128 g/mol. The van der Waals surface area contributed by atoms with Gasteiger partial charge in [0, 0.05) is 5.56 Å². The molecule has 2 aliphatic rings. The third-order valence-corrected chi connectivity index (χ3v) is 1.27. The maximum Gasteiger partial charge on any atom is 0.0964 e. The SMILES string of the molecule is c1cc2cnnnnc-2c1. The number of hydrogen-bond acceptors (Lipinski definition) is 4. The summed E-state index contributed by atoms with van der Waals surface area (Å²) in [7, 11) is 0. The van der Waals surface area contributed by atoms with Gasteiger partial charge in [-0.2, -0.15) is 0 Å². The number of aromatic nitrogens is 4. The summed E-state index contributed by atoms with van der Waals surface area (Å²) in [6, 6.07) is 5.69. The van der Waals surface area contributed by atoms with Crippen LogP contribution in [0.2, 0.25) is 0 Å². The molecule has 0 bridgehead atoms. The largest absolute Gasteiger partial charge is 0.137 e. The van der Waals surface area contributed by atoms with Gasteiger partial charge in [0.1, 0.15) is 0 Å². The maximum atomic E-state index is 3.78. The Morgan fingerprint density at radius 2 is 2.10 bits per heavy atom. The van der Waals surface area contributed by atoms with E-state index in [0.717, 1.165) is 11.3 Å². The fraction of sp³-hybridized carbons (Fsp3) is 0. The Kier molecular flexibility index (Phi) is 1.04. The van der Waals surface area contributed by atoms with E-state index in [2.05, 4.69) is 20.6 Å². The molecule has 1 aliphatic heterocycles. The van der Waals surface area contributed by atoms with Crippen molar-refractivity contribution >= 4 is 0 Å². The van der Waals surface area contributed by atoms with Gasteiger partial charge in [-0.15, -0.1) is 10.2 Å². The number of rotatable bonds is 0. The maximum absolute atomic E-state index is 3.78. The van der Waals surface area contributed by atoms with Gasteiger partial charge >= 0.3 is 0 Å². The van der Waals surface area contributed by atoms with Gasteiger partial charge in [0.05, 0.1) is 11.9 Å². The van der Waals surface area contributed by atoms with Gasteiger partial charge in [-0.3, -0.25) is 0 Å². The van der Waals surface area contributed by atoms with Gasteiger partial charge in [0.15, 0.2) is 0 Å². The first-order valence-corrected chi connectivity index (χ1v) is 2.86. The molecule has 2 rings (SSSR count). The first-order valence-electron chi connectivity index (χ1n) is 2.86.